The van der Waals surface area contributed by atoms with Gasteiger partial charge < -0.3 is 20.1 Å². The number of ether oxygens (including phenoxy) is 1. The monoisotopic (exact) mass is 395 g/mol. The number of hydrogen-bond donors (Lipinski definition) is 2. The van der Waals surface area contributed by atoms with E-state index in [1.54, 1.807) is 19.2 Å². The zero-order chi connectivity index (χ0) is 19.5. The Hall–Kier alpha value is -1.96. The molecule has 27 heavy (non-hydrogen) atoms. The molecule has 1 aliphatic heterocycles. The maximum absolute atomic E-state index is 12.8. The molecule has 2 N–H and O–H groups in total. The lowest BCUT2D eigenvalue weighted by Crippen LogP contribution is -2.60. The third kappa shape index (κ3) is 4.00. The summed E-state index contributed by atoms with van der Waals surface area (Å²) in [6.45, 7) is 1.45. The average molecular weight is 396 g/mol. The Morgan fingerprint density at radius 3 is 2.70 bits per heavy atom. The van der Waals surface area contributed by atoms with Crippen LogP contribution in [0, 0.1) is 0 Å². The Kier molecular flexibility index (Phi) is 5.83. The summed E-state index contributed by atoms with van der Waals surface area (Å²) in [6, 6.07) is 5.25. The minimum Gasteiger partial charge on any atom is -0.504 e. The fraction of sp³-hybridized carbons (Fsp3) is 0.632. The van der Waals surface area contributed by atoms with E-state index in [0.717, 1.165) is 37.7 Å². The number of aromatic hydroxyl groups is 1. The summed E-state index contributed by atoms with van der Waals surface area (Å²) < 4.78 is 30.0. The van der Waals surface area contributed by atoms with Crippen molar-refractivity contribution in [3.8, 4) is 11.5 Å². The highest BCUT2D eigenvalue weighted by Crippen LogP contribution is 2.38. The van der Waals surface area contributed by atoms with E-state index in [1.165, 1.54) is 7.11 Å². The lowest BCUT2D eigenvalue weighted by atomic mass is 9.87. The fourth-order valence-corrected chi connectivity index (χ4v) is 6.33. The number of methoxy groups -OCH3 is 1. The van der Waals surface area contributed by atoms with E-state index in [0.29, 0.717) is 31.3 Å². The van der Waals surface area contributed by atoms with Gasteiger partial charge in [-0.15, -0.1) is 0 Å². The second kappa shape index (κ2) is 7.96. The molecule has 0 radical (unpaired) electrons. The molecule has 1 saturated carbocycles. The summed E-state index contributed by atoms with van der Waals surface area (Å²) in [5, 5.41) is 13.2. The molecule has 2 fully saturated rings. The molecule has 1 aromatic carbocycles. The molecule has 7 nitrogen and oxygen atoms in total. The van der Waals surface area contributed by atoms with Crippen molar-refractivity contribution in [3.05, 3.63) is 23.8 Å². The van der Waals surface area contributed by atoms with Crippen LogP contribution in [0.4, 0.5) is 0 Å². The molecule has 1 aliphatic carbocycles. The molecule has 0 aromatic heterocycles. The van der Waals surface area contributed by atoms with Gasteiger partial charge in [-0.05, 0) is 30.5 Å². The Labute approximate surface area is 161 Å². The van der Waals surface area contributed by atoms with Crippen molar-refractivity contribution in [2.45, 2.75) is 43.4 Å². The second-order valence-electron chi connectivity index (χ2n) is 7.39. The number of nitrogens with zero attached hydrogens (tertiary/aromatic N) is 2. The van der Waals surface area contributed by atoms with E-state index < -0.39 is 14.6 Å². The van der Waals surface area contributed by atoms with Crippen molar-refractivity contribution in [2.24, 2.45) is 4.99 Å². The minimum absolute atomic E-state index is 0.0945. The van der Waals surface area contributed by atoms with Crippen LogP contribution < -0.4 is 10.1 Å². The largest absolute Gasteiger partial charge is 0.504 e. The third-order valence-corrected chi connectivity index (χ3v) is 8.32. The molecule has 150 valence electrons. The molecular formula is C19H29N3O4S. The number of benzene rings is 1. The third-order valence-electron chi connectivity index (χ3n) is 5.74. The predicted octanol–water partition coefficient (Wildman–Crippen LogP) is 1.91. The first-order valence-electron chi connectivity index (χ1n) is 9.44. The first kappa shape index (κ1) is 19.8. The second-order valence-corrected chi connectivity index (χ2v) is 9.89. The van der Waals surface area contributed by atoms with Gasteiger partial charge in [0.05, 0.1) is 17.6 Å². The number of phenols is 1. The van der Waals surface area contributed by atoms with Gasteiger partial charge in [0.2, 0.25) is 0 Å². The standard InChI is InChI=1S/C19H29N3O4S/c1-20-18(21-13-15-6-7-17(26-2)16(23)12-15)22-10-11-27(24,25)19(14-22)8-4-3-5-9-19/h6-7,12,23H,3-5,8-11,13-14H2,1-2H3,(H,20,21). The summed E-state index contributed by atoms with van der Waals surface area (Å²) in [4.78, 5) is 6.42. The van der Waals surface area contributed by atoms with Crippen molar-refractivity contribution in [1.29, 1.82) is 0 Å². The van der Waals surface area contributed by atoms with E-state index in [-0.39, 0.29) is 11.5 Å². The highest BCUT2D eigenvalue weighted by molar-refractivity contribution is 7.92. The molecular weight excluding hydrogens is 366 g/mol. The number of guanidine groups is 1. The quantitative estimate of drug-likeness (QED) is 0.600. The first-order chi connectivity index (χ1) is 12.9. The minimum atomic E-state index is -3.07. The smallest absolute Gasteiger partial charge is 0.193 e. The van der Waals surface area contributed by atoms with Gasteiger partial charge >= 0.3 is 0 Å². The van der Waals surface area contributed by atoms with Crippen molar-refractivity contribution < 1.29 is 18.3 Å². The molecule has 3 rings (SSSR count). The van der Waals surface area contributed by atoms with Gasteiger partial charge in [-0.25, -0.2) is 8.42 Å². The number of sulfone groups is 1. The average Bonchev–Trinajstić information content (AvgIpc) is 2.66. The first-order valence-corrected chi connectivity index (χ1v) is 11.1. The lowest BCUT2D eigenvalue weighted by Gasteiger charge is -2.45. The summed E-state index contributed by atoms with van der Waals surface area (Å²) >= 11 is 0. The maximum Gasteiger partial charge on any atom is 0.193 e. The van der Waals surface area contributed by atoms with Crippen molar-refractivity contribution in [3.63, 3.8) is 0 Å². The number of aliphatic imine (C=N–C) groups is 1. The van der Waals surface area contributed by atoms with Crippen LogP contribution in [0.25, 0.3) is 0 Å². The number of hydrogen-bond acceptors (Lipinski definition) is 5. The van der Waals surface area contributed by atoms with E-state index in [1.807, 2.05) is 6.07 Å². The van der Waals surface area contributed by atoms with E-state index in [4.69, 9.17) is 4.74 Å². The maximum atomic E-state index is 12.8. The Morgan fingerprint density at radius 2 is 2.07 bits per heavy atom. The SMILES string of the molecule is CN=C(NCc1ccc(OC)c(O)c1)N1CCS(=O)(=O)C2(CCCCC2)C1. The Balaban J connectivity index is 1.70. The van der Waals surface area contributed by atoms with Gasteiger partial charge in [-0.3, -0.25) is 4.99 Å². The van der Waals surface area contributed by atoms with Crippen LogP contribution in [-0.2, 0) is 16.4 Å². The Morgan fingerprint density at radius 1 is 1.33 bits per heavy atom. The zero-order valence-electron chi connectivity index (χ0n) is 16.1. The van der Waals surface area contributed by atoms with Crippen LogP contribution in [0.2, 0.25) is 0 Å². The van der Waals surface area contributed by atoms with Gasteiger partial charge in [-0.1, -0.05) is 25.3 Å². The van der Waals surface area contributed by atoms with Gasteiger partial charge in [0.15, 0.2) is 27.3 Å². The molecule has 0 amide bonds. The van der Waals surface area contributed by atoms with Gasteiger partial charge in [-0.2, -0.15) is 0 Å². The van der Waals surface area contributed by atoms with Crippen LogP contribution >= 0.6 is 0 Å². The number of phenolic OH excluding ortho intramolecular Hbond substituents is 1. The van der Waals surface area contributed by atoms with E-state index >= 15 is 0 Å². The molecule has 1 heterocycles. The summed E-state index contributed by atoms with van der Waals surface area (Å²) in [5.74, 6) is 1.41. The highest BCUT2D eigenvalue weighted by atomic mass is 32.2. The molecule has 1 spiro atoms. The van der Waals surface area contributed by atoms with Crippen molar-refractivity contribution in [1.82, 2.24) is 10.2 Å². The van der Waals surface area contributed by atoms with Crippen molar-refractivity contribution >= 4 is 15.8 Å². The van der Waals surface area contributed by atoms with Crippen LogP contribution in [0.1, 0.15) is 37.7 Å². The Bertz CT molecular complexity index is 801. The molecule has 0 atom stereocenters. The predicted molar refractivity (Wildman–Crippen MR) is 106 cm³/mol. The zero-order valence-corrected chi connectivity index (χ0v) is 16.9. The normalized spacial score (nSPS) is 21.9. The summed E-state index contributed by atoms with van der Waals surface area (Å²) in [7, 11) is 0.154. The van der Waals surface area contributed by atoms with Crippen molar-refractivity contribution in [2.75, 3.05) is 33.0 Å². The lowest BCUT2D eigenvalue weighted by molar-refractivity contribution is 0.274. The molecule has 0 unspecified atom stereocenters. The van der Waals surface area contributed by atoms with Gasteiger partial charge in [0.1, 0.15) is 0 Å². The van der Waals surface area contributed by atoms with Crippen LogP contribution in [0.3, 0.4) is 0 Å². The molecule has 0 bridgehead atoms. The van der Waals surface area contributed by atoms with Crippen LogP contribution in [0.15, 0.2) is 23.2 Å². The van der Waals surface area contributed by atoms with Crippen LogP contribution in [0.5, 0.6) is 11.5 Å². The summed E-state index contributed by atoms with van der Waals surface area (Å²) in [6.07, 6.45) is 4.56. The topological polar surface area (TPSA) is 91.2 Å². The van der Waals surface area contributed by atoms with E-state index in [2.05, 4.69) is 15.2 Å². The number of rotatable bonds is 3. The van der Waals surface area contributed by atoms with Gasteiger partial charge in [0.25, 0.3) is 0 Å². The fourth-order valence-electron chi connectivity index (χ4n) is 4.18. The van der Waals surface area contributed by atoms with Gasteiger partial charge in [0, 0.05) is 26.7 Å². The summed E-state index contributed by atoms with van der Waals surface area (Å²) in [5.41, 5.74) is 0.895. The highest BCUT2D eigenvalue weighted by Gasteiger charge is 2.48. The molecule has 1 aromatic rings. The molecule has 2 aliphatic rings. The molecule has 8 heteroatoms. The number of nitrogens with one attached hydrogen (secondary N) is 1. The molecule has 1 saturated heterocycles. The van der Waals surface area contributed by atoms with Crippen LogP contribution in [-0.4, -0.2) is 62.1 Å². The van der Waals surface area contributed by atoms with E-state index in [9.17, 15) is 13.5 Å².